The largest absolute Gasteiger partial charge is 0.347 e. The van der Waals surface area contributed by atoms with Gasteiger partial charge in [-0.25, -0.2) is 4.52 Å². The van der Waals surface area contributed by atoms with Gasteiger partial charge in [-0.15, -0.1) is 5.10 Å². The van der Waals surface area contributed by atoms with Crippen LogP contribution in [0.4, 0.5) is 5.95 Å². The maximum Gasteiger partial charge on any atom is 0.244 e. The Kier molecular flexibility index (Phi) is 3.18. The molecular weight excluding hydrogens is 230 g/mol. The zero-order valence-corrected chi connectivity index (χ0v) is 11.0. The van der Waals surface area contributed by atoms with Crippen molar-refractivity contribution in [3.05, 3.63) is 23.9 Å². The highest BCUT2D eigenvalue weighted by atomic mass is 16.2. The van der Waals surface area contributed by atoms with E-state index in [4.69, 9.17) is 0 Å². The fourth-order valence-electron chi connectivity index (χ4n) is 1.74. The highest BCUT2D eigenvalue weighted by molar-refractivity contribution is 5.83. The van der Waals surface area contributed by atoms with Crippen molar-refractivity contribution in [1.29, 1.82) is 0 Å². The van der Waals surface area contributed by atoms with E-state index in [-0.39, 0.29) is 11.9 Å². The first-order valence-electron chi connectivity index (χ1n) is 5.78. The highest BCUT2D eigenvalue weighted by Gasteiger charge is 2.16. The summed E-state index contributed by atoms with van der Waals surface area (Å²) in [4.78, 5) is 17.6. The van der Waals surface area contributed by atoms with Crippen LogP contribution in [0.2, 0.25) is 0 Å². The van der Waals surface area contributed by atoms with E-state index in [9.17, 15) is 4.79 Å². The van der Waals surface area contributed by atoms with E-state index < -0.39 is 0 Å². The van der Waals surface area contributed by atoms with Gasteiger partial charge in [0.15, 0.2) is 5.65 Å². The molecule has 0 aromatic carbocycles. The zero-order chi connectivity index (χ0) is 13.3. The Labute approximate surface area is 106 Å². The molecule has 1 N–H and O–H groups in total. The molecule has 2 heterocycles. The molecule has 0 aliphatic carbocycles. The Morgan fingerprint density at radius 2 is 2.22 bits per heavy atom. The molecule has 1 unspecified atom stereocenters. The number of fused-ring (bicyclic) bond motifs is 1. The van der Waals surface area contributed by atoms with Crippen LogP contribution in [0, 0.1) is 6.92 Å². The number of nitrogens with one attached hydrogen (secondary N) is 1. The minimum atomic E-state index is -0.349. The lowest BCUT2D eigenvalue weighted by atomic mass is 10.3. The fourth-order valence-corrected chi connectivity index (χ4v) is 1.74. The molecule has 0 saturated heterocycles. The maximum absolute atomic E-state index is 11.7. The number of hydrogen-bond donors (Lipinski definition) is 1. The Hall–Kier alpha value is -2.11. The van der Waals surface area contributed by atoms with E-state index in [0.29, 0.717) is 5.95 Å². The molecule has 96 valence electrons. The number of hydrogen-bond acceptors (Lipinski definition) is 4. The molecule has 6 heteroatoms. The van der Waals surface area contributed by atoms with Crippen LogP contribution in [0.15, 0.2) is 18.3 Å². The van der Waals surface area contributed by atoms with Crippen molar-refractivity contribution in [2.45, 2.75) is 19.9 Å². The van der Waals surface area contributed by atoms with Crippen LogP contribution in [0.5, 0.6) is 0 Å². The first-order chi connectivity index (χ1) is 8.49. The first kappa shape index (κ1) is 12.3. The topological polar surface area (TPSA) is 62.5 Å². The van der Waals surface area contributed by atoms with Gasteiger partial charge >= 0.3 is 0 Å². The van der Waals surface area contributed by atoms with Crippen LogP contribution in [-0.4, -0.2) is 45.5 Å². The molecule has 0 saturated carbocycles. The van der Waals surface area contributed by atoms with Crippen molar-refractivity contribution in [1.82, 2.24) is 19.5 Å². The van der Waals surface area contributed by atoms with Gasteiger partial charge in [0.25, 0.3) is 0 Å². The molecule has 0 aliphatic rings. The van der Waals surface area contributed by atoms with Gasteiger partial charge in [-0.3, -0.25) is 4.79 Å². The number of pyridine rings is 1. The fraction of sp³-hybridized carbons (Fsp3) is 0.417. The zero-order valence-electron chi connectivity index (χ0n) is 11.0. The normalized spacial score (nSPS) is 12.4. The van der Waals surface area contributed by atoms with Crippen LogP contribution in [0.25, 0.3) is 5.65 Å². The third-order valence-corrected chi connectivity index (χ3v) is 2.71. The summed E-state index contributed by atoms with van der Waals surface area (Å²) in [7, 11) is 3.45. The number of carbonyl (C=O) groups is 1. The molecule has 6 nitrogen and oxygen atoms in total. The van der Waals surface area contributed by atoms with E-state index in [2.05, 4.69) is 15.4 Å². The number of rotatable bonds is 3. The molecule has 2 aromatic heterocycles. The number of aromatic nitrogens is 3. The van der Waals surface area contributed by atoms with Crippen LogP contribution in [0.3, 0.4) is 0 Å². The highest BCUT2D eigenvalue weighted by Crippen LogP contribution is 2.10. The lowest BCUT2D eigenvalue weighted by Gasteiger charge is -2.16. The number of nitrogens with zero attached hydrogens (tertiary/aromatic N) is 4. The lowest BCUT2D eigenvalue weighted by Crippen LogP contribution is -2.36. The summed E-state index contributed by atoms with van der Waals surface area (Å²) in [5, 5.41) is 7.28. The SMILES string of the molecule is Cc1cccn2nc(NC(C)C(=O)N(C)C)nc12. The molecule has 18 heavy (non-hydrogen) atoms. The van der Waals surface area contributed by atoms with Crippen molar-refractivity contribution in [2.24, 2.45) is 0 Å². The predicted molar refractivity (Wildman–Crippen MR) is 69.5 cm³/mol. The molecule has 2 aromatic rings. The Balaban J connectivity index is 2.22. The lowest BCUT2D eigenvalue weighted by molar-refractivity contribution is -0.129. The summed E-state index contributed by atoms with van der Waals surface area (Å²) in [5.74, 6) is 0.456. The minimum absolute atomic E-state index is 0.00872. The van der Waals surface area contributed by atoms with Gasteiger partial charge in [-0.1, -0.05) is 6.07 Å². The third kappa shape index (κ3) is 2.27. The summed E-state index contributed by atoms with van der Waals surface area (Å²) < 4.78 is 1.70. The van der Waals surface area contributed by atoms with Crippen LogP contribution in [-0.2, 0) is 4.79 Å². The number of anilines is 1. The second-order valence-electron chi connectivity index (χ2n) is 4.49. The van der Waals surface area contributed by atoms with Gasteiger partial charge in [0.1, 0.15) is 6.04 Å². The molecule has 0 fully saturated rings. The first-order valence-corrected chi connectivity index (χ1v) is 5.78. The van der Waals surface area contributed by atoms with Gasteiger partial charge in [0, 0.05) is 20.3 Å². The number of amides is 1. The standard InChI is InChI=1S/C12H17N5O/c1-8-6-5-7-17-10(8)14-12(15-17)13-9(2)11(18)16(3)4/h5-7,9H,1-4H3,(H,13,15). The Morgan fingerprint density at radius 1 is 1.50 bits per heavy atom. The second kappa shape index (κ2) is 4.64. The van der Waals surface area contributed by atoms with E-state index in [0.717, 1.165) is 11.2 Å². The summed E-state index contributed by atoms with van der Waals surface area (Å²) in [6.45, 7) is 3.77. The molecule has 0 bridgehead atoms. The van der Waals surface area contributed by atoms with E-state index in [1.807, 2.05) is 25.3 Å². The van der Waals surface area contributed by atoms with Gasteiger partial charge in [0.05, 0.1) is 0 Å². The quantitative estimate of drug-likeness (QED) is 0.876. The monoisotopic (exact) mass is 247 g/mol. The summed E-state index contributed by atoms with van der Waals surface area (Å²) in [6, 6.07) is 3.54. The summed E-state index contributed by atoms with van der Waals surface area (Å²) in [5.41, 5.74) is 1.84. The average Bonchev–Trinajstić information content (AvgIpc) is 2.71. The number of aryl methyl sites for hydroxylation is 1. The smallest absolute Gasteiger partial charge is 0.244 e. The molecular formula is C12H17N5O. The Morgan fingerprint density at radius 3 is 2.83 bits per heavy atom. The van der Waals surface area contributed by atoms with Crippen LogP contribution < -0.4 is 5.32 Å². The molecule has 2 rings (SSSR count). The Bertz CT molecular complexity index is 575. The van der Waals surface area contributed by atoms with Gasteiger partial charge in [-0.05, 0) is 25.5 Å². The third-order valence-electron chi connectivity index (χ3n) is 2.71. The molecule has 1 atom stereocenters. The summed E-state index contributed by atoms with van der Waals surface area (Å²) >= 11 is 0. The van der Waals surface area contributed by atoms with Crippen molar-refractivity contribution in [2.75, 3.05) is 19.4 Å². The van der Waals surface area contributed by atoms with Crippen LogP contribution in [0.1, 0.15) is 12.5 Å². The minimum Gasteiger partial charge on any atom is -0.347 e. The molecule has 0 aliphatic heterocycles. The van der Waals surface area contributed by atoms with Crippen molar-refractivity contribution >= 4 is 17.5 Å². The van der Waals surface area contributed by atoms with E-state index in [1.165, 1.54) is 0 Å². The number of likely N-dealkylation sites (N-methyl/N-ethyl adjacent to an activating group) is 1. The van der Waals surface area contributed by atoms with Crippen LogP contribution >= 0.6 is 0 Å². The molecule has 0 radical (unpaired) electrons. The molecule has 0 spiro atoms. The number of carbonyl (C=O) groups excluding carboxylic acids is 1. The second-order valence-corrected chi connectivity index (χ2v) is 4.49. The van der Waals surface area contributed by atoms with Crippen molar-refractivity contribution in [3.8, 4) is 0 Å². The van der Waals surface area contributed by atoms with Crippen molar-refractivity contribution < 1.29 is 4.79 Å². The van der Waals surface area contributed by atoms with Gasteiger partial charge in [0.2, 0.25) is 11.9 Å². The predicted octanol–water partition coefficient (Wildman–Crippen LogP) is 0.926. The van der Waals surface area contributed by atoms with Gasteiger partial charge in [-0.2, -0.15) is 4.98 Å². The molecule has 1 amide bonds. The average molecular weight is 247 g/mol. The van der Waals surface area contributed by atoms with Gasteiger partial charge < -0.3 is 10.2 Å². The van der Waals surface area contributed by atoms with E-state index in [1.54, 1.807) is 30.4 Å². The summed E-state index contributed by atoms with van der Waals surface area (Å²) in [6.07, 6.45) is 1.83. The van der Waals surface area contributed by atoms with Crippen molar-refractivity contribution in [3.63, 3.8) is 0 Å². The maximum atomic E-state index is 11.7. The van der Waals surface area contributed by atoms with E-state index >= 15 is 0 Å².